The summed E-state index contributed by atoms with van der Waals surface area (Å²) in [6.07, 6.45) is 1.36. The fraction of sp³-hybridized carbons (Fsp3) is 0.154. The molecular weight excluding hydrogens is 280 g/mol. The second-order valence-corrected chi connectivity index (χ2v) is 4.36. The van der Waals surface area contributed by atoms with Crippen LogP contribution in [0.3, 0.4) is 0 Å². The molecule has 1 saturated heterocycles. The van der Waals surface area contributed by atoms with E-state index in [2.05, 4.69) is 10.6 Å². The molecule has 0 radical (unpaired) electrons. The Balaban J connectivity index is 2.30. The summed E-state index contributed by atoms with van der Waals surface area (Å²) in [7, 11) is 0. The minimum absolute atomic E-state index is 0.0216. The average Bonchev–Trinajstić information content (AvgIpc) is 2.37. The molecule has 0 aromatic heterocycles. The van der Waals surface area contributed by atoms with E-state index in [0.717, 1.165) is 0 Å². The van der Waals surface area contributed by atoms with Gasteiger partial charge in [0.2, 0.25) is 0 Å². The number of carbonyl (C=O) groups is 2. The van der Waals surface area contributed by atoms with Crippen molar-refractivity contribution >= 4 is 35.2 Å². The molecule has 0 spiro atoms. The normalized spacial score (nSPS) is 14.7. The van der Waals surface area contributed by atoms with Gasteiger partial charge in [0.15, 0.2) is 16.6 Å². The summed E-state index contributed by atoms with van der Waals surface area (Å²) in [5.74, 6) is -0.874. The van der Waals surface area contributed by atoms with Crippen LogP contribution in [0.5, 0.6) is 11.5 Å². The summed E-state index contributed by atoms with van der Waals surface area (Å²) >= 11 is 4.70. The topological polar surface area (TPSA) is 87.7 Å². The van der Waals surface area contributed by atoms with E-state index in [1.807, 2.05) is 0 Å². The fourth-order valence-corrected chi connectivity index (χ4v) is 1.86. The predicted molar refractivity (Wildman–Crippen MR) is 76.1 cm³/mol. The predicted octanol–water partition coefficient (Wildman–Crippen LogP) is 0.705. The number of hydrogen-bond donors (Lipinski definition) is 3. The molecule has 3 N–H and O–H groups in total. The summed E-state index contributed by atoms with van der Waals surface area (Å²) in [6.45, 7) is 2.23. The summed E-state index contributed by atoms with van der Waals surface area (Å²) in [5.41, 5.74) is 0.418. The van der Waals surface area contributed by atoms with E-state index in [-0.39, 0.29) is 16.4 Å². The second kappa shape index (κ2) is 5.70. The second-order valence-electron chi connectivity index (χ2n) is 3.96. The van der Waals surface area contributed by atoms with Gasteiger partial charge < -0.3 is 9.84 Å². The summed E-state index contributed by atoms with van der Waals surface area (Å²) in [4.78, 5) is 23.3. The molecule has 1 heterocycles. The third-order valence-electron chi connectivity index (χ3n) is 2.54. The van der Waals surface area contributed by atoms with Gasteiger partial charge in [-0.25, -0.2) is 0 Å². The Bertz CT molecular complexity index is 603. The molecule has 2 rings (SSSR count). The molecule has 20 heavy (non-hydrogen) atoms. The first-order valence-electron chi connectivity index (χ1n) is 5.85. The quantitative estimate of drug-likeness (QED) is 0.434. The largest absolute Gasteiger partial charge is 0.504 e. The first-order valence-corrected chi connectivity index (χ1v) is 6.26. The number of phenolic OH excluding ortho intramolecular Hbond substituents is 1. The molecule has 0 unspecified atom stereocenters. The number of amides is 2. The van der Waals surface area contributed by atoms with Crippen LogP contribution in [0.25, 0.3) is 6.08 Å². The van der Waals surface area contributed by atoms with Crippen LogP contribution in [0.4, 0.5) is 0 Å². The molecule has 0 aliphatic carbocycles. The fourth-order valence-electron chi connectivity index (χ4n) is 1.67. The number of aromatic hydroxyl groups is 1. The van der Waals surface area contributed by atoms with Crippen LogP contribution in [0.15, 0.2) is 23.8 Å². The highest BCUT2D eigenvalue weighted by Gasteiger charge is 2.25. The molecule has 1 aliphatic heterocycles. The van der Waals surface area contributed by atoms with Crippen molar-refractivity contribution in [1.82, 2.24) is 10.6 Å². The first-order chi connectivity index (χ1) is 9.51. The zero-order valence-corrected chi connectivity index (χ0v) is 11.4. The molecule has 2 amide bonds. The lowest BCUT2D eigenvalue weighted by Crippen LogP contribution is -2.51. The number of rotatable bonds is 3. The number of nitrogens with one attached hydrogen (secondary N) is 2. The molecule has 7 heteroatoms. The van der Waals surface area contributed by atoms with E-state index < -0.39 is 11.8 Å². The van der Waals surface area contributed by atoms with Crippen LogP contribution >= 0.6 is 12.2 Å². The van der Waals surface area contributed by atoms with E-state index >= 15 is 0 Å². The molecule has 1 aromatic carbocycles. The van der Waals surface area contributed by atoms with Gasteiger partial charge in [0.05, 0.1) is 6.61 Å². The van der Waals surface area contributed by atoms with Crippen molar-refractivity contribution < 1.29 is 19.4 Å². The van der Waals surface area contributed by atoms with Crippen LogP contribution in [-0.4, -0.2) is 28.6 Å². The maximum atomic E-state index is 11.7. The zero-order valence-electron chi connectivity index (χ0n) is 10.6. The van der Waals surface area contributed by atoms with Gasteiger partial charge in [0.1, 0.15) is 5.57 Å². The number of benzene rings is 1. The van der Waals surface area contributed by atoms with Gasteiger partial charge in [-0.3, -0.25) is 20.2 Å². The minimum atomic E-state index is -0.577. The van der Waals surface area contributed by atoms with Crippen LogP contribution in [-0.2, 0) is 9.59 Å². The first kappa shape index (κ1) is 14.0. The van der Waals surface area contributed by atoms with Crippen molar-refractivity contribution in [1.29, 1.82) is 0 Å². The Labute approximate surface area is 120 Å². The van der Waals surface area contributed by atoms with Gasteiger partial charge in [-0.1, -0.05) is 6.07 Å². The number of phenols is 1. The highest BCUT2D eigenvalue weighted by Crippen LogP contribution is 2.27. The Morgan fingerprint density at radius 1 is 1.30 bits per heavy atom. The lowest BCUT2D eigenvalue weighted by molar-refractivity contribution is -0.123. The highest BCUT2D eigenvalue weighted by atomic mass is 32.1. The van der Waals surface area contributed by atoms with E-state index in [4.69, 9.17) is 17.0 Å². The summed E-state index contributed by atoms with van der Waals surface area (Å²) in [5, 5.41) is 14.4. The van der Waals surface area contributed by atoms with E-state index in [1.54, 1.807) is 19.1 Å². The molecule has 1 aliphatic rings. The Morgan fingerprint density at radius 3 is 2.50 bits per heavy atom. The van der Waals surface area contributed by atoms with E-state index in [9.17, 15) is 14.7 Å². The van der Waals surface area contributed by atoms with Crippen molar-refractivity contribution in [2.24, 2.45) is 0 Å². The van der Waals surface area contributed by atoms with Gasteiger partial charge >= 0.3 is 0 Å². The lowest BCUT2D eigenvalue weighted by atomic mass is 10.1. The average molecular weight is 292 g/mol. The van der Waals surface area contributed by atoms with Crippen molar-refractivity contribution in [3.63, 3.8) is 0 Å². The van der Waals surface area contributed by atoms with Gasteiger partial charge in [0.25, 0.3) is 11.8 Å². The Kier molecular flexibility index (Phi) is 3.99. The van der Waals surface area contributed by atoms with Gasteiger partial charge in [-0.15, -0.1) is 0 Å². The number of thiocarbonyl (C=S) groups is 1. The molecule has 0 bridgehead atoms. The monoisotopic (exact) mass is 292 g/mol. The van der Waals surface area contributed by atoms with E-state index in [0.29, 0.717) is 17.9 Å². The number of ether oxygens (including phenoxy) is 1. The summed E-state index contributed by atoms with van der Waals surface area (Å²) in [6, 6.07) is 4.60. The van der Waals surface area contributed by atoms with Gasteiger partial charge in [0, 0.05) is 0 Å². The molecular formula is C13H12N2O4S. The Hall–Kier alpha value is -2.41. The van der Waals surface area contributed by atoms with Gasteiger partial charge in [-0.2, -0.15) is 0 Å². The molecule has 6 nitrogen and oxygen atoms in total. The van der Waals surface area contributed by atoms with Crippen molar-refractivity contribution in [3.8, 4) is 11.5 Å². The van der Waals surface area contributed by atoms with Crippen molar-refractivity contribution in [2.75, 3.05) is 6.61 Å². The van der Waals surface area contributed by atoms with Crippen LogP contribution in [0.2, 0.25) is 0 Å². The molecule has 1 aromatic rings. The molecule has 1 fully saturated rings. The summed E-state index contributed by atoms with van der Waals surface area (Å²) < 4.78 is 5.19. The van der Waals surface area contributed by atoms with Gasteiger partial charge in [-0.05, 0) is 42.9 Å². The maximum absolute atomic E-state index is 11.7. The standard InChI is InChI=1S/C13H12N2O4S/c1-2-19-10-4-3-7(6-9(10)16)5-8-11(17)14-13(20)15-12(8)18/h3-6,16H,2H2,1H3,(H2,14,15,17,18,20). The third-order valence-corrected chi connectivity index (χ3v) is 2.74. The van der Waals surface area contributed by atoms with Crippen LogP contribution < -0.4 is 15.4 Å². The maximum Gasteiger partial charge on any atom is 0.263 e. The number of hydrogen-bond acceptors (Lipinski definition) is 5. The Morgan fingerprint density at radius 2 is 1.95 bits per heavy atom. The minimum Gasteiger partial charge on any atom is -0.504 e. The van der Waals surface area contributed by atoms with Crippen molar-refractivity contribution in [2.45, 2.75) is 6.92 Å². The SMILES string of the molecule is CCOc1ccc(C=C2C(=O)NC(=S)NC2=O)cc1O. The molecule has 104 valence electrons. The van der Waals surface area contributed by atoms with Crippen molar-refractivity contribution in [3.05, 3.63) is 29.3 Å². The zero-order chi connectivity index (χ0) is 14.7. The smallest absolute Gasteiger partial charge is 0.263 e. The molecule has 0 atom stereocenters. The number of carbonyl (C=O) groups excluding carboxylic acids is 2. The van der Waals surface area contributed by atoms with Crippen LogP contribution in [0, 0.1) is 0 Å². The van der Waals surface area contributed by atoms with E-state index in [1.165, 1.54) is 12.1 Å². The molecule has 0 saturated carbocycles. The third kappa shape index (κ3) is 2.94. The highest BCUT2D eigenvalue weighted by molar-refractivity contribution is 7.80. The lowest BCUT2D eigenvalue weighted by Gasteiger charge is -2.16. The van der Waals surface area contributed by atoms with Crippen LogP contribution in [0.1, 0.15) is 12.5 Å².